The Labute approximate surface area is 113 Å². The van der Waals surface area contributed by atoms with Crippen LogP contribution in [0.25, 0.3) is 0 Å². The number of hydrogen-bond acceptors (Lipinski definition) is 4. The number of hydrogen-bond donors (Lipinski definition) is 2. The molecular weight excluding hydrogens is 270 g/mol. The highest BCUT2D eigenvalue weighted by molar-refractivity contribution is 7.89. The van der Waals surface area contributed by atoms with E-state index in [2.05, 4.69) is 0 Å². The summed E-state index contributed by atoms with van der Waals surface area (Å²) in [5, 5.41) is 18.0. The maximum atomic E-state index is 12.5. The van der Waals surface area contributed by atoms with Gasteiger partial charge in [-0.2, -0.15) is 0 Å². The molecule has 0 bridgehead atoms. The fraction of sp³-hybridized carbons (Fsp3) is 0.917. The van der Waals surface area contributed by atoms with Crippen molar-refractivity contribution in [1.29, 1.82) is 0 Å². The molecule has 2 fully saturated rings. The molecule has 1 saturated carbocycles. The number of aliphatic hydroxyl groups is 1. The lowest BCUT2D eigenvalue weighted by Gasteiger charge is -2.35. The first-order valence-corrected chi connectivity index (χ1v) is 8.24. The van der Waals surface area contributed by atoms with Gasteiger partial charge in [-0.05, 0) is 25.2 Å². The van der Waals surface area contributed by atoms with Crippen molar-refractivity contribution in [3.8, 4) is 0 Å². The topological polar surface area (TPSA) is 94.9 Å². The molecule has 19 heavy (non-hydrogen) atoms. The Morgan fingerprint density at radius 3 is 2.53 bits per heavy atom. The summed E-state index contributed by atoms with van der Waals surface area (Å²) in [6, 6.07) is 0. The van der Waals surface area contributed by atoms with Gasteiger partial charge in [0.15, 0.2) is 0 Å². The number of aliphatic carboxylic acids is 1. The fourth-order valence-electron chi connectivity index (χ4n) is 3.08. The van der Waals surface area contributed by atoms with Crippen molar-refractivity contribution >= 4 is 16.0 Å². The lowest BCUT2D eigenvalue weighted by Crippen LogP contribution is -2.49. The third-order valence-electron chi connectivity index (χ3n) is 4.33. The summed E-state index contributed by atoms with van der Waals surface area (Å²) in [6.45, 7) is 2.39. The normalized spacial score (nSPS) is 37.4. The molecule has 110 valence electrons. The highest BCUT2D eigenvalue weighted by Crippen LogP contribution is 2.34. The molecule has 1 aliphatic carbocycles. The van der Waals surface area contributed by atoms with Gasteiger partial charge in [-0.1, -0.05) is 13.3 Å². The van der Waals surface area contributed by atoms with E-state index < -0.39 is 33.3 Å². The first kappa shape index (κ1) is 14.7. The zero-order chi connectivity index (χ0) is 14.2. The van der Waals surface area contributed by atoms with E-state index in [4.69, 9.17) is 5.11 Å². The lowest BCUT2D eigenvalue weighted by molar-refractivity contribution is -0.141. The van der Waals surface area contributed by atoms with Crippen LogP contribution in [0, 0.1) is 11.8 Å². The van der Waals surface area contributed by atoms with E-state index in [0.29, 0.717) is 25.7 Å². The van der Waals surface area contributed by atoms with Crippen LogP contribution in [-0.4, -0.2) is 53.3 Å². The van der Waals surface area contributed by atoms with E-state index in [-0.39, 0.29) is 19.0 Å². The second-order valence-electron chi connectivity index (χ2n) is 5.65. The maximum Gasteiger partial charge on any atom is 0.307 e. The molecule has 1 heterocycles. The Morgan fingerprint density at radius 1 is 1.26 bits per heavy atom. The van der Waals surface area contributed by atoms with Crippen molar-refractivity contribution in [3.63, 3.8) is 0 Å². The molecule has 2 N–H and O–H groups in total. The van der Waals surface area contributed by atoms with Gasteiger partial charge in [-0.3, -0.25) is 4.79 Å². The van der Waals surface area contributed by atoms with Gasteiger partial charge < -0.3 is 10.2 Å². The summed E-state index contributed by atoms with van der Waals surface area (Å²) in [5.41, 5.74) is 0. The van der Waals surface area contributed by atoms with Crippen molar-refractivity contribution in [1.82, 2.24) is 4.31 Å². The zero-order valence-electron chi connectivity index (χ0n) is 11.0. The second-order valence-corrected chi connectivity index (χ2v) is 7.80. The molecule has 0 radical (unpaired) electrons. The van der Waals surface area contributed by atoms with Crippen LogP contribution < -0.4 is 0 Å². The number of piperidine rings is 1. The monoisotopic (exact) mass is 291 g/mol. The molecule has 7 heteroatoms. The van der Waals surface area contributed by atoms with E-state index in [1.165, 1.54) is 4.31 Å². The van der Waals surface area contributed by atoms with Crippen LogP contribution in [0.5, 0.6) is 0 Å². The maximum absolute atomic E-state index is 12.5. The first-order valence-electron chi connectivity index (χ1n) is 6.74. The van der Waals surface area contributed by atoms with Crippen molar-refractivity contribution in [2.75, 3.05) is 13.1 Å². The van der Waals surface area contributed by atoms with Gasteiger partial charge in [0.05, 0.1) is 17.3 Å². The Balaban J connectivity index is 2.16. The Kier molecular flexibility index (Phi) is 4.17. The van der Waals surface area contributed by atoms with Crippen LogP contribution in [0.1, 0.15) is 32.6 Å². The summed E-state index contributed by atoms with van der Waals surface area (Å²) in [7, 11) is -3.57. The predicted octanol–water partition coefficient (Wildman–Crippen LogP) is 0.272. The van der Waals surface area contributed by atoms with Crippen LogP contribution >= 0.6 is 0 Å². The predicted molar refractivity (Wildman–Crippen MR) is 69.0 cm³/mol. The molecule has 2 aliphatic rings. The highest BCUT2D eigenvalue weighted by atomic mass is 32.2. The molecule has 1 saturated heterocycles. The molecular formula is C12H21NO5S. The minimum atomic E-state index is -3.57. The summed E-state index contributed by atoms with van der Waals surface area (Å²) >= 11 is 0. The molecule has 2 rings (SSSR count). The molecule has 1 aliphatic heterocycles. The number of carboxylic acid groups (broad SMARTS) is 1. The minimum Gasteiger partial charge on any atom is -0.481 e. The smallest absolute Gasteiger partial charge is 0.307 e. The van der Waals surface area contributed by atoms with E-state index >= 15 is 0 Å². The van der Waals surface area contributed by atoms with Crippen LogP contribution in [-0.2, 0) is 14.8 Å². The summed E-state index contributed by atoms with van der Waals surface area (Å²) in [6.07, 6.45) is 1.46. The molecule has 0 spiro atoms. The summed E-state index contributed by atoms with van der Waals surface area (Å²) in [4.78, 5) is 11.1. The number of aliphatic hydroxyl groups excluding tert-OH is 1. The molecule has 0 aromatic rings. The first-order chi connectivity index (χ1) is 8.84. The van der Waals surface area contributed by atoms with Gasteiger partial charge >= 0.3 is 5.97 Å². The van der Waals surface area contributed by atoms with Crippen molar-refractivity contribution < 1.29 is 23.4 Å². The Bertz CT molecular complexity index is 449. The largest absolute Gasteiger partial charge is 0.481 e. The van der Waals surface area contributed by atoms with Crippen molar-refractivity contribution in [2.45, 2.75) is 44.0 Å². The highest BCUT2D eigenvalue weighted by Gasteiger charge is 2.45. The van der Waals surface area contributed by atoms with Crippen LogP contribution in [0.3, 0.4) is 0 Å². The fourth-order valence-corrected chi connectivity index (χ4v) is 5.40. The number of carboxylic acids is 1. The van der Waals surface area contributed by atoms with E-state index in [0.717, 1.165) is 0 Å². The van der Waals surface area contributed by atoms with Crippen molar-refractivity contribution in [3.05, 3.63) is 0 Å². The summed E-state index contributed by atoms with van der Waals surface area (Å²) < 4.78 is 26.4. The summed E-state index contributed by atoms with van der Waals surface area (Å²) in [5.74, 6) is -1.91. The Hall–Kier alpha value is -0.660. The van der Waals surface area contributed by atoms with Gasteiger partial charge in [0.25, 0.3) is 0 Å². The van der Waals surface area contributed by atoms with E-state index in [1.807, 2.05) is 6.92 Å². The molecule has 6 nitrogen and oxygen atoms in total. The second kappa shape index (κ2) is 5.38. The van der Waals surface area contributed by atoms with Crippen LogP contribution in [0.15, 0.2) is 0 Å². The molecule has 4 unspecified atom stereocenters. The van der Waals surface area contributed by atoms with Gasteiger partial charge in [-0.15, -0.1) is 0 Å². The number of carbonyl (C=O) groups is 1. The molecule has 4 atom stereocenters. The van der Waals surface area contributed by atoms with Crippen LogP contribution in [0.2, 0.25) is 0 Å². The third kappa shape index (κ3) is 2.78. The SMILES string of the molecule is CC1CN(S(=O)(=O)C2CCCC2C(=O)O)CCC1O. The minimum absolute atomic E-state index is 0.104. The number of nitrogens with zero attached hydrogens (tertiary/aromatic N) is 1. The average Bonchev–Trinajstić information content (AvgIpc) is 2.82. The van der Waals surface area contributed by atoms with Gasteiger partial charge in [-0.25, -0.2) is 12.7 Å². The van der Waals surface area contributed by atoms with Gasteiger partial charge in [0.2, 0.25) is 10.0 Å². The van der Waals surface area contributed by atoms with Gasteiger partial charge in [0.1, 0.15) is 0 Å². The number of sulfonamides is 1. The average molecular weight is 291 g/mol. The molecule has 0 aromatic carbocycles. The van der Waals surface area contributed by atoms with E-state index in [1.54, 1.807) is 0 Å². The van der Waals surface area contributed by atoms with Crippen molar-refractivity contribution in [2.24, 2.45) is 11.8 Å². The standard InChI is InChI=1S/C12H21NO5S/c1-8-7-13(6-5-10(8)14)19(17,18)11-4-2-3-9(11)12(15)16/h8-11,14H,2-7H2,1H3,(H,15,16). The quantitative estimate of drug-likeness (QED) is 0.778. The zero-order valence-corrected chi connectivity index (χ0v) is 11.8. The molecule has 0 aromatic heterocycles. The lowest BCUT2D eigenvalue weighted by atomic mass is 9.99. The van der Waals surface area contributed by atoms with E-state index in [9.17, 15) is 18.3 Å². The van der Waals surface area contributed by atoms with Crippen LogP contribution in [0.4, 0.5) is 0 Å². The Morgan fingerprint density at radius 2 is 1.95 bits per heavy atom. The third-order valence-corrected chi connectivity index (χ3v) is 6.72. The molecule has 0 amide bonds. The van der Waals surface area contributed by atoms with Gasteiger partial charge in [0, 0.05) is 13.1 Å². The number of rotatable bonds is 3.